The molecule has 0 unspecified atom stereocenters. The third kappa shape index (κ3) is 4.42. The Labute approximate surface area is 119 Å². The van der Waals surface area contributed by atoms with Crippen molar-refractivity contribution in [3.63, 3.8) is 0 Å². The number of aliphatic carboxylic acids is 1. The van der Waals surface area contributed by atoms with Crippen LogP contribution in [-0.2, 0) is 11.3 Å². The number of carbonyl (C=O) groups is 1. The molecule has 1 rings (SSSR count). The minimum absolute atomic E-state index is 0.0251. The molecule has 112 valence electrons. The minimum atomic E-state index is -0.835. The Morgan fingerprint density at radius 1 is 1.35 bits per heavy atom. The van der Waals surface area contributed by atoms with Crippen molar-refractivity contribution in [3.8, 4) is 11.5 Å². The maximum absolute atomic E-state index is 11.1. The van der Waals surface area contributed by atoms with Crippen molar-refractivity contribution >= 4 is 5.97 Å². The number of rotatable bonds is 8. The van der Waals surface area contributed by atoms with Crippen LogP contribution in [0.25, 0.3) is 0 Å². The molecule has 2 N–H and O–H groups in total. The zero-order valence-electron chi connectivity index (χ0n) is 12.5. The van der Waals surface area contributed by atoms with Crippen LogP contribution in [0.5, 0.6) is 11.5 Å². The fourth-order valence-electron chi connectivity index (χ4n) is 1.94. The molecule has 0 amide bonds. The van der Waals surface area contributed by atoms with Gasteiger partial charge in [0.05, 0.1) is 13.7 Å². The van der Waals surface area contributed by atoms with Crippen molar-refractivity contribution in [2.45, 2.75) is 33.4 Å². The van der Waals surface area contributed by atoms with E-state index >= 15 is 0 Å². The largest absolute Gasteiger partial charge is 0.493 e. The predicted molar refractivity (Wildman–Crippen MR) is 77.3 cm³/mol. The first-order chi connectivity index (χ1) is 9.49. The average molecular weight is 281 g/mol. The van der Waals surface area contributed by atoms with E-state index in [1.54, 1.807) is 7.11 Å². The number of ether oxygens (including phenoxy) is 2. The van der Waals surface area contributed by atoms with Crippen molar-refractivity contribution in [2.75, 3.05) is 13.7 Å². The maximum Gasteiger partial charge on any atom is 0.320 e. The second kappa shape index (κ2) is 7.75. The standard InChI is InChI=1S/C15H23NO4/c1-5-20-13-8-11(6-7-12(13)19-4)9-16-14(10(2)3)15(17)18/h6-8,10,14,16H,5,9H2,1-4H3,(H,17,18)/t14-/m1/s1. The van der Waals surface area contributed by atoms with E-state index in [4.69, 9.17) is 14.6 Å². The van der Waals surface area contributed by atoms with Crippen LogP contribution < -0.4 is 14.8 Å². The molecule has 0 spiro atoms. The van der Waals surface area contributed by atoms with E-state index in [9.17, 15) is 4.79 Å². The molecule has 0 aliphatic carbocycles. The lowest BCUT2D eigenvalue weighted by molar-refractivity contribution is -0.140. The molecule has 1 aromatic carbocycles. The summed E-state index contributed by atoms with van der Waals surface area (Å²) in [4.78, 5) is 11.1. The molecular formula is C15H23NO4. The van der Waals surface area contributed by atoms with E-state index in [1.165, 1.54) is 0 Å². The summed E-state index contributed by atoms with van der Waals surface area (Å²) in [5, 5.41) is 12.2. The van der Waals surface area contributed by atoms with Gasteiger partial charge in [0.2, 0.25) is 0 Å². The first-order valence-electron chi connectivity index (χ1n) is 6.75. The molecule has 0 fully saturated rings. The molecular weight excluding hydrogens is 258 g/mol. The Balaban J connectivity index is 2.77. The first kappa shape index (κ1) is 16.3. The van der Waals surface area contributed by atoms with Crippen molar-refractivity contribution in [1.29, 1.82) is 0 Å². The molecule has 0 radical (unpaired) electrons. The molecule has 1 aromatic rings. The number of hydrogen-bond donors (Lipinski definition) is 2. The van der Waals surface area contributed by atoms with Crippen molar-refractivity contribution in [3.05, 3.63) is 23.8 Å². The van der Waals surface area contributed by atoms with Gasteiger partial charge in [-0.15, -0.1) is 0 Å². The number of carboxylic acids is 1. The Morgan fingerprint density at radius 3 is 2.55 bits per heavy atom. The van der Waals surface area contributed by atoms with Crippen molar-refractivity contribution < 1.29 is 19.4 Å². The zero-order chi connectivity index (χ0) is 15.1. The highest BCUT2D eigenvalue weighted by molar-refractivity contribution is 5.73. The van der Waals surface area contributed by atoms with Gasteiger partial charge in [0, 0.05) is 6.54 Å². The highest BCUT2D eigenvalue weighted by Crippen LogP contribution is 2.28. The fourth-order valence-corrected chi connectivity index (χ4v) is 1.94. The second-order valence-corrected chi connectivity index (χ2v) is 4.86. The summed E-state index contributed by atoms with van der Waals surface area (Å²) in [7, 11) is 1.59. The average Bonchev–Trinajstić information content (AvgIpc) is 2.39. The smallest absolute Gasteiger partial charge is 0.320 e. The number of benzene rings is 1. The lowest BCUT2D eigenvalue weighted by atomic mass is 10.0. The van der Waals surface area contributed by atoms with Gasteiger partial charge in [0.1, 0.15) is 6.04 Å². The van der Waals surface area contributed by atoms with E-state index < -0.39 is 12.0 Å². The topological polar surface area (TPSA) is 67.8 Å². The Hall–Kier alpha value is -1.75. The molecule has 0 saturated carbocycles. The summed E-state index contributed by atoms with van der Waals surface area (Å²) in [6.07, 6.45) is 0. The molecule has 0 aromatic heterocycles. The minimum Gasteiger partial charge on any atom is -0.493 e. The molecule has 0 aliphatic heterocycles. The second-order valence-electron chi connectivity index (χ2n) is 4.86. The molecule has 5 nitrogen and oxygen atoms in total. The third-order valence-electron chi connectivity index (χ3n) is 2.99. The summed E-state index contributed by atoms with van der Waals surface area (Å²) in [5.41, 5.74) is 0.959. The molecule has 0 aliphatic rings. The predicted octanol–water partition coefficient (Wildman–Crippen LogP) is 2.29. The van der Waals surface area contributed by atoms with Gasteiger partial charge in [0.15, 0.2) is 11.5 Å². The van der Waals surface area contributed by atoms with Crippen molar-refractivity contribution in [2.24, 2.45) is 5.92 Å². The number of carboxylic acid groups (broad SMARTS) is 1. The quantitative estimate of drug-likeness (QED) is 0.765. The summed E-state index contributed by atoms with van der Waals surface area (Å²) < 4.78 is 10.7. The fraction of sp³-hybridized carbons (Fsp3) is 0.533. The number of methoxy groups -OCH3 is 1. The van der Waals surface area contributed by atoms with Gasteiger partial charge >= 0.3 is 5.97 Å². The van der Waals surface area contributed by atoms with E-state index in [0.717, 1.165) is 5.56 Å². The Morgan fingerprint density at radius 2 is 2.05 bits per heavy atom. The molecule has 20 heavy (non-hydrogen) atoms. The van der Waals surface area contributed by atoms with E-state index in [1.807, 2.05) is 39.0 Å². The highest BCUT2D eigenvalue weighted by atomic mass is 16.5. The van der Waals surface area contributed by atoms with Crippen LogP contribution >= 0.6 is 0 Å². The van der Waals surface area contributed by atoms with Gasteiger partial charge in [-0.2, -0.15) is 0 Å². The van der Waals surface area contributed by atoms with E-state index in [2.05, 4.69) is 5.32 Å². The van der Waals surface area contributed by atoms with Crippen molar-refractivity contribution in [1.82, 2.24) is 5.32 Å². The van der Waals surface area contributed by atoms with E-state index in [-0.39, 0.29) is 5.92 Å². The van der Waals surface area contributed by atoms with Gasteiger partial charge in [-0.1, -0.05) is 19.9 Å². The molecule has 0 bridgehead atoms. The van der Waals surface area contributed by atoms with Crippen LogP contribution in [0.4, 0.5) is 0 Å². The lowest BCUT2D eigenvalue weighted by Crippen LogP contribution is -2.40. The summed E-state index contributed by atoms with van der Waals surface area (Å²) in [6.45, 7) is 6.69. The first-order valence-corrected chi connectivity index (χ1v) is 6.75. The van der Waals surface area contributed by atoms with E-state index in [0.29, 0.717) is 24.7 Å². The number of nitrogens with one attached hydrogen (secondary N) is 1. The number of hydrogen-bond acceptors (Lipinski definition) is 4. The van der Waals surface area contributed by atoms with Gasteiger partial charge in [-0.3, -0.25) is 4.79 Å². The van der Waals surface area contributed by atoms with Crippen LogP contribution in [0.15, 0.2) is 18.2 Å². The summed E-state index contributed by atoms with van der Waals surface area (Å²) >= 11 is 0. The highest BCUT2D eigenvalue weighted by Gasteiger charge is 2.20. The molecule has 0 heterocycles. The molecule has 0 saturated heterocycles. The third-order valence-corrected chi connectivity index (χ3v) is 2.99. The summed E-state index contributed by atoms with van der Waals surface area (Å²) in [6, 6.07) is 5.03. The molecule has 1 atom stereocenters. The van der Waals surface area contributed by atoms with Crippen LogP contribution in [0.1, 0.15) is 26.3 Å². The van der Waals surface area contributed by atoms with Crippen LogP contribution in [0, 0.1) is 5.92 Å². The van der Waals surface area contributed by atoms with Gasteiger partial charge in [-0.05, 0) is 30.5 Å². The summed E-state index contributed by atoms with van der Waals surface area (Å²) in [5.74, 6) is 0.538. The monoisotopic (exact) mass is 281 g/mol. The van der Waals surface area contributed by atoms with Gasteiger partial charge in [0.25, 0.3) is 0 Å². The van der Waals surface area contributed by atoms with Gasteiger partial charge in [-0.25, -0.2) is 0 Å². The Bertz CT molecular complexity index is 445. The SMILES string of the molecule is CCOc1cc(CN[C@@H](C(=O)O)C(C)C)ccc1OC. The normalized spacial score (nSPS) is 12.2. The lowest BCUT2D eigenvalue weighted by Gasteiger charge is -2.18. The van der Waals surface area contributed by atoms with Gasteiger partial charge < -0.3 is 19.9 Å². The zero-order valence-corrected chi connectivity index (χ0v) is 12.5. The van der Waals surface area contributed by atoms with Crippen LogP contribution in [-0.4, -0.2) is 30.8 Å². The maximum atomic E-state index is 11.1. The Kier molecular flexibility index (Phi) is 6.31. The van der Waals surface area contributed by atoms with Crippen LogP contribution in [0.3, 0.4) is 0 Å². The van der Waals surface area contributed by atoms with Crippen LogP contribution in [0.2, 0.25) is 0 Å². The molecule has 5 heteroatoms.